The summed E-state index contributed by atoms with van der Waals surface area (Å²) in [5, 5.41) is 2.67. The summed E-state index contributed by atoms with van der Waals surface area (Å²) < 4.78 is 49.8. The third-order valence-corrected chi connectivity index (χ3v) is 5.19. The normalized spacial score (nSPS) is 14.8. The lowest BCUT2D eigenvalue weighted by molar-refractivity contribution is -0.137. The lowest BCUT2D eigenvalue weighted by atomic mass is 10.0. The molecular weight excluding hydrogens is 413 g/mol. The minimum atomic E-state index is -4.61. The molecule has 0 aromatic heterocycles. The fraction of sp³-hybridized carbons (Fsp3) is 0.364. The van der Waals surface area contributed by atoms with Gasteiger partial charge in [0.25, 0.3) is 11.8 Å². The Morgan fingerprint density at radius 3 is 2.13 bits per heavy atom. The van der Waals surface area contributed by atoms with E-state index in [9.17, 15) is 22.8 Å². The number of likely N-dealkylation sites (tertiary alicyclic amines) is 1. The maximum Gasteiger partial charge on any atom is 0.417 e. The second-order valence-corrected chi connectivity index (χ2v) is 7.18. The summed E-state index contributed by atoms with van der Waals surface area (Å²) in [6.45, 7) is 0.731. The maximum atomic E-state index is 13.2. The van der Waals surface area contributed by atoms with Gasteiger partial charge < -0.3 is 19.7 Å². The molecule has 1 aliphatic heterocycles. The van der Waals surface area contributed by atoms with Gasteiger partial charge in [-0.05, 0) is 37.1 Å². The zero-order valence-electron chi connectivity index (χ0n) is 17.2. The quantitative estimate of drug-likeness (QED) is 0.775. The molecule has 3 rings (SSSR count). The molecule has 2 amide bonds. The van der Waals surface area contributed by atoms with E-state index in [0.29, 0.717) is 43.0 Å². The molecule has 6 nitrogen and oxygen atoms in total. The van der Waals surface area contributed by atoms with Gasteiger partial charge >= 0.3 is 6.18 Å². The van der Waals surface area contributed by atoms with Crippen molar-refractivity contribution in [3.05, 3.63) is 59.2 Å². The van der Waals surface area contributed by atoms with Crippen LogP contribution < -0.4 is 14.8 Å². The van der Waals surface area contributed by atoms with Gasteiger partial charge in [0.2, 0.25) is 0 Å². The number of halogens is 3. The van der Waals surface area contributed by atoms with Gasteiger partial charge in [0.1, 0.15) is 11.5 Å². The van der Waals surface area contributed by atoms with E-state index in [2.05, 4.69) is 5.32 Å². The van der Waals surface area contributed by atoms with E-state index in [1.54, 1.807) is 23.1 Å². The standard InChI is InChI=1S/C22H23F3N2O4/c1-30-16-11-14(12-17(13-16)31-2)21(29)27-9-7-15(8-10-27)26-20(28)18-5-3-4-6-19(18)22(23,24)25/h3-6,11-13,15H,7-10H2,1-2H3,(H,26,28). The maximum absolute atomic E-state index is 13.2. The number of carbonyl (C=O) groups excluding carboxylic acids is 2. The van der Waals surface area contributed by atoms with Crippen molar-refractivity contribution in [2.24, 2.45) is 0 Å². The Balaban J connectivity index is 1.63. The average Bonchev–Trinajstić information content (AvgIpc) is 2.78. The first kappa shape index (κ1) is 22.5. The number of amides is 2. The lowest BCUT2D eigenvalue weighted by Crippen LogP contribution is -2.46. The molecule has 0 spiro atoms. The van der Waals surface area contributed by atoms with Gasteiger partial charge in [-0.15, -0.1) is 0 Å². The number of piperidine rings is 1. The first-order chi connectivity index (χ1) is 14.7. The number of ether oxygens (including phenoxy) is 2. The molecule has 1 saturated heterocycles. The number of methoxy groups -OCH3 is 2. The first-order valence-electron chi connectivity index (χ1n) is 9.72. The number of hydrogen-bond acceptors (Lipinski definition) is 4. The van der Waals surface area contributed by atoms with Crippen LogP contribution in [0.2, 0.25) is 0 Å². The zero-order valence-corrected chi connectivity index (χ0v) is 17.2. The van der Waals surface area contributed by atoms with E-state index >= 15 is 0 Å². The van der Waals surface area contributed by atoms with Crippen LogP contribution in [-0.2, 0) is 6.18 Å². The molecule has 1 aliphatic rings. The first-order valence-corrected chi connectivity index (χ1v) is 9.72. The van der Waals surface area contributed by atoms with Gasteiger partial charge in [0, 0.05) is 30.8 Å². The summed E-state index contributed by atoms with van der Waals surface area (Å²) in [5.41, 5.74) is -0.957. The van der Waals surface area contributed by atoms with Crippen LogP contribution in [0.1, 0.15) is 39.1 Å². The Hall–Kier alpha value is -3.23. The largest absolute Gasteiger partial charge is 0.497 e. The summed E-state index contributed by atoms with van der Waals surface area (Å²) in [5.74, 6) is 0.0148. The third kappa shape index (κ3) is 5.28. The van der Waals surface area contributed by atoms with Gasteiger partial charge in [-0.25, -0.2) is 0 Å². The van der Waals surface area contributed by atoms with Crippen molar-refractivity contribution in [2.45, 2.75) is 25.1 Å². The van der Waals surface area contributed by atoms with Gasteiger partial charge in [0.05, 0.1) is 25.3 Å². The van der Waals surface area contributed by atoms with Crippen LogP contribution in [0.15, 0.2) is 42.5 Å². The predicted molar refractivity (Wildman–Crippen MR) is 107 cm³/mol. The highest BCUT2D eigenvalue weighted by atomic mass is 19.4. The van der Waals surface area contributed by atoms with Crippen LogP contribution in [0.3, 0.4) is 0 Å². The summed E-state index contributed by atoms with van der Waals surface area (Å²) in [6, 6.07) is 9.27. The third-order valence-electron chi connectivity index (χ3n) is 5.19. The molecule has 2 aromatic rings. The van der Waals surface area contributed by atoms with Gasteiger partial charge in [-0.1, -0.05) is 12.1 Å². The Morgan fingerprint density at radius 1 is 1.00 bits per heavy atom. The van der Waals surface area contributed by atoms with Crippen LogP contribution in [0, 0.1) is 0 Å². The molecule has 0 aliphatic carbocycles. The molecule has 9 heteroatoms. The minimum absolute atomic E-state index is 0.204. The van der Waals surface area contributed by atoms with Crippen LogP contribution in [0.25, 0.3) is 0 Å². The fourth-order valence-corrected chi connectivity index (χ4v) is 3.53. The van der Waals surface area contributed by atoms with E-state index < -0.39 is 23.2 Å². The molecule has 0 unspecified atom stereocenters. The fourth-order valence-electron chi connectivity index (χ4n) is 3.53. The highest BCUT2D eigenvalue weighted by molar-refractivity contribution is 5.96. The summed E-state index contributed by atoms with van der Waals surface area (Å²) in [7, 11) is 2.99. The molecule has 1 fully saturated rings. The monoisotopic (exact) mass is 436 g/mol. The van der Waals surface area contributed by atoms with Crippen molar-refractivity contribution in [3.8, 4) is 11.5 Å². The molecule has 0 atom stereocenters. The molecule has 0 saturated carbocycles. The Labute approximate surface area is 177 Å². The summed E-state index contributed by atoms with van der Waals surface area (Å²) in [6.07, 6.45) is -3.74. The average molecular weight is 436 g/mol. The lowest BCUT2D eigenvalue weighted by Gasteiger charge is -2.32. The zero-order chi connectivity index (χ0) is 22.6. The Bertz CT molecular complexity index is 932. The van der Waals surface area contributed by atoms with E-state index in [4.69, 9.17) is 9.47 Å². The van der Waals surface area contributed by atoms with Crippen LogP contribution in [-0.4, -0.2) is 50.1 Å². The topological polar surface area (TPSA) is 67.9 Å². The number of nitrogens with zero attached hydrogens (tertiary/aromatic N) is 1. The van der Waals surface area contributed by atoms with E-state index in [1.165, 1.54) is 26.4 Å². The number of nitrogens with one attached hydrogen (secondary N) is 1. The molecular formula is C22H23F3N2O4. The van der Waals surface area contributed by atoms with Crippen molar-refractivity contribution >= 4 is 11.8 Å². The molecule has 31 heavy (non-hydrogen) atoms. The molecule has 2 aromatic carbocycles. The van der Waals surface area contributed by atoms with Crippen molar-refractivity contribution in [3.63, 3.8) is 0 Å². The summed E-state index contributed by atoms with van der Waals surface area (Å²) in [4.78, 5) is 26.9. The van der Waals surface area contributed by atoms with Crippen molar-refractivity contribution in [1.29, 1.82) is 0 Å². The number of alkyl halides is 3. The highest BCUT2D eigenvalue weighted by Crippen LogP contribution is 2.32. The molecule has 1 heterocycles. The van der Waals surface area contributed by atoms with Gasteiger partial charge in [0.15, 0.2) is 0 Å². The van der Waals surface area contributed by atoms with Gasteiger partial charge in [-0.3, -0.25) is 9.59 Å². The number of benzene rings is 2. The number of rotatable bonds is 5. The molecule has 166 valence electrons. The number of hydrogen-bond donors (Lipinski definition) is 1. The predicted octanol–water partition coefficient (Wildman–Crippen LogP) is 3.76. The van der Waals surface area contributed by atoms with Crippen LogP contribution in [0.4, 0.5) is 13.2 Å². The molecule has 1 N–H and O–H groups in total. The van der Waals surface area contributed by atoms with Crippen molar-refractivity contribution < 1.29 is 32.2 Å². The SMILES string of the molecule is COc1cc(OC)cc(C(=O)N2CCC(NC(=O)c3ccccc3C(F)(F)F)CC2)c1. The van der Waals surface area contributed by atoms with E-state index in [1.807, 2.05) is 0 Å². The second-order valence-electron chi connectivity index (χ2n) is 7.18. The summed E-state index contributed by atoms with van der Waals surface area (Å²) >= 11 is 0. The Kier molecular flexibility index (Phi) is 6.72. The Morgan fingerprint density at radius 2 is 1.58 bits per heavy atom. The minimum Gasteiger partial charge on any atom is -0.497 e. The van der Waals surface area contributed by atoms with Crippen molar-refractivity contribution in [1.82, 2.24) is 10.2 Å². The van der Waals surface area contributed by atoms with Gasteiger partial charge in [-0.2, -0.15) is 13.2 Å². The number of carbonyl (C=O) groups is 2. The van der Waals surface area contributed by atoms with Crippen LogP contribution >= 0.6 is 0 Å². The van der Waals surface area contributed by atoms with E-state index in [-0.39, 0.29) is 11.9 Å². The smallest absolute Gasteiger partial charge is 0.417 e. The van der Waals surface area contributed by atoms with Crippen LogP contribution in [0.5, 0.6) is 11.5 Å². The second kappa shape index (κ2) is 9.28. The molecule has 0 bridgehead atoms. The van der Waals surface area contributed by atoms with E-state index in [0.717, 1.165) is 12.1 Å². The highest BCUT2D eigenvalue weighted by Gasteiger charge is 2.35. The molecule has 0 radical (unpaired) electrons. The van der Waals surface area contributed by atoms with Crippen molar-refractivity contribution in [2.75, 3.05) is 27.3 Å².